The molecule has 1 aromatic heterocycles. The molecule has 1 aliphatic heterocycles. The Morgan fingerprint density at radius 2 is 1.68 bits per heavy atom. The van der Waals surface area contributed by atoms with Crippen molar-refractivity contribution in [3.63, 3.8) is 0 Å². The predicted octanol–water partition coefficient (Wildman–Crippen LogP) is 1.30. The Balaban J connectivity index is 1.39. The Morgan fingerprint density at radius 1 is 1.00 bits per heavy atom. The van der Waals surface area contributed by atoms with Crippen LogP contribution in [-0.4, -0.2) is 74.9 Å². The van der Waals surface area contributed by atoms with E-state index in [4.69, 9.17) is 5.73 Å². The van der Waals surface area contributed by atoms with E-state index in [9.17, 15) is 28.8 Å². The lowest BCUT2D eigenvalue weighted by Gasteiger charge is -2.38. The topological polar surface area (TPSA) is 194 Å². The fourth-order valence-corrected chi connectivity index (χ4v) is 6.77. The summed E-state index contributed by atoms with van der Waals surface area (Å²) in [5.41, 5.74) is 4.79. The minimum Gasteiger partial charge on any atom is -0.363 e. The maximum atomic E-state index is 14.4. The number of nitrogens with two attached hydrogens (primary N) is 1. The van der Waals surface area contributed by atoms with Gasteiger partial charge in [-0.25, -0.2) is 4.98 Å². The maximum absolute atomic E-state index is 14.4. The average Bonchev–Trinajstić information content (AvgIpc) is 3.89. The van der Waals surface area contributed by atoms with Crippen LogP contribution in [0.1, 0.15) is 76.0 Å². The molecule has 1 unspecified atom stereocenters. The van der Waals surface area contributed by atoms with Crippen LogP contribution in [0.4, 0.5) is 0 Å². The maximum Gasteiger partial charge on any atom is 0.287 e. The van der Waals surface area contributed by atoms with Gasteiger partial charge in [0.2, 0.25) is 23.5 Å². The van der Waals surface area contributed by atoms with Crippen LogP contribution in [0.2, 0.25) is 0 Å². The molecule has 0 radical (unpaired) electrons. The number of nitrogens with one attached hydrogen (secondary N) is 3. The van der Waals surface area contributed by atoms with Crippen LogP contribution in [0.3, 0.4) is 0 Å². The molecule has 2 heterocycles. The molecule has 6 atom stereocenters. The van der Waals surface area contributed by atoms with Crippen LogP contribution in [-0.2, 0) is 24.0 Å². The highest BCUT2D eigenvalue weighted by molar-refractivity contribution is 6.37. The van der Waals surface area contributed by atoms with Crippen molar-refractivity contribution in [3.05, 3.63) is 60.2 Å². The fourth-order valence-electron chi connectivity index (χ4n) is 6.77. The van der Waals surface area contributed by atoms with Crippen molar-refractivity contribution in [1.82, 2.24) is 30.8 Å². The number of piperidine rings is 1. The van der Waals surface area contributed by atoms with Crippen LogP contribution < -0.4 is 21.7 Å². The smallest absolute Gasteiger partial charge is 0.287 e. The number of likely N-dealkylation sites (tertiary alicyclic amines) is 1. The summed E-state index contributed by atoms with van der Waals surface area (Å²) in [6, 6.07) is 4.41. The molecule has 2 aliphatic carbocycles. The quantitative estimate of drug-likeness (QED) is 0.248. The van der Waals surface area contributed by atoms with E-state index < -0.39 is 64.9 Å². The SMILES string of the molecule is CC(C)(C)[C@H](NC(=O)[C@@H](NC(=O)c1cnccn1)c1ccccc1)C(=O)N1C[C@H]2[C@@H]([C@H]1C(=O)NC(CC1CC1)C(=O)C(N)=O)C2(C)C. The highest BCUT2D eigenvalue weighted by Crippen LogP contribution is 2.65. The number of nitrogens with zero attached hydrogens (tertiary/aromatic N) is 3. The first-order valence-electron chi connectivity index (χ1n) is 16.0. The summed E-state index contributed by atoms with van der Waals surface area (Å²) in [7, 11) is 0. The van der Waals surface area contributed by atoms with E-state index in [1.165, 1.54) is 23.5 Å². The molecule has 0 bridgehead atoms. The predicted molar refractivity (Wildman–Crippen MR) is 170 cm³/mol. The van der Waals surface area contributed by atoms with Gasteiger partial charge in [-0.15, -0.1) is 0 Å². The lowest BCUT2D eigenvalue weighted by Crippen LogP contribution is -2.61. The van der Waals surface area contributed by atoms with E-state index >= 15 is 0 Å². The summed E-state index contributed by atoms with van der Waals surface area (Å²) in [5.74, 6) is -4.10. The third-order valence-electron chi connectivity index (χ3n) is 9.77. The second-order valence-corrected chi connectivity index (χ2v) is 14.6. The Kier molecular flexibility index (Phi) is 9.20. The number of aromatic nitrogens is 2. The third-order valence-corrected chi connectivity index (χ3v) is 9.77. The minimum absolute atomic E-state index is 0.0206. The number of rotatable bonds is 12. The van der Waals surface area contributed by atoms with E-state index in [0.717, 1.165) is 12.8 Å². The Hall–Kier alpha value is -4.68. The van der Waals surface area contributed by atoms with Crippen LogP contribution >= 0.6 is 0 Å². The molecule has 2 saturated carbocycles. The van der Waals surface area contributed by atoms with E-state index in [-0.39, 0.29) is 28.9 Å². The molecule has 47 heavy (non-hydrogen) atoms. The minimum atomic E-state index is -1.17. The average molecular weight is 646 g/mol. The van der Waals surface area contributed by atoms with E-state index in [1.807, 2.05) is 13.8 Å². The first kappa shape index (κ1) is 33.7. The number of carbonyl (C=O) groups excluding carboxylic acids is 6. The normalized spacial score (nSPS) is 23.0. The third kappa shape index (κ3) is 7.18. The van der Waals surface area contributed by atoms with Crippen LogP contribution in [0, 0.1) is 28.6 Å². The lowest BCUT2D eigenvalue weighted by atomic mass is 9.84. The second-order valence-electron chi connectivity index (χ2n) is 14.6. The van der Waals surface area contributed by atoms with Crippen LogP contribution in [0.15, 0.2) is 48.9 Å². The van der Waals surface area contributed by atoms with Gasteiger partial charge in [0, 0.05) is 18.9 Å². The zero-order valence-corrected chi connectivity index (χ0v) is 27.4. The standard InChI is InChI=1S/C34H43N7O6/c1-33(2,3)27(40-30(45)24(19-9-7-6-8-10-19)39-29(44)22-16-36-13-14-37-22)32(47)41-17-20-23(34(20,4)5)25(41)31(46)38-21(15-18-11-12-18)26(42)28(35)43/h6-10,13-14,16,18,20-21,23-25,27H,11-12,15,17H2,1-5H3,(H2,35,43)(H,38,46)(H,39,44)(H,40,45)/t20-,21?,23-,24-,25-,27+/m0/s1. The van der Waals surface area contributed by atoms with Gasteiger partial charge in [-0.2, -0.15) is 0 Å². The number of primary amides is 1. The van der Waals surface area contributed by atoms with Crippen molar-refractivity contribution in [3.8, 4) is 0 Å². The van der Waals surface area contributed by atoms with Crippen molar-refractivity contribution in [2.24, 2.45) is 34.3 Å². The summed E-state index contributed by atoms with van der Waals surface area (Å²) in [5, 5.41) is 8.35. The Labute approximate surface area is 273 Å². The molecular formula is C34H43N7O6. The van der Waals surface area contributed by atoms with Gasteiger partial charge >= 0.3 is 0 Å². The molecule has 1 aromatic carbocycles. The van der Waals surface area contributed by atoms with Gasteiger partial charge in [-0.3, -0.25) is 33.8 Å². The van der Waals surface area contributed by atoms with Gasteiger partial charge < -0.3 is 26.6 Å². The van der Waals surface area contributed by atoms with Gasteiger partial charge in [0.15, 0.2) is 0 Å². The Bertz CT molecular complexity index is 1550. The van der Waals surface area contributed by atoms with Crippen molar-refractivity contribution >= 4 is 35.3 Å². The van der Waals surface area contributed by atoms with Gasteiger partial charge in [0.1, 0.15) is 23.8 Å². The number of benzene rings is 1. The molecule has 5 rings (SSSR count). The largest absolute Gasteiger partial charge is 0.363 e. The number of carbonyl (C=O) groups is 6. The number of fused-ring (bicyclic) bond motifs is 1. The number of Topliss-reactive ketones (excluding diaryl/α,β-unsaturated/α-hetero) is 1. The Morgan fingerprint density at radius 3 is 2.26 bits per heavy atom. The molecule has 0 spiro atoms. The van der Waals surface area contributed by atoms with Crippen molar-refractivity contribution in [2.45, 2.75) is 78.0 Å². The summed E-state index contributed by atoms with van der Waals surface area (Å²) >= 11 is 0. The molecule has 250 valence electrons. The summed E-state index contributed by atoms with van der Waals surface area (Å²) in [4.78, 5) is 89.2. The molecule has 2 aromatic rings. The van der Waals surface area contributed by atoms with E-state index in [2.05, 4.69) is 25.9 Å². The summed E-state index contributed by atoms with van der Waals surface area (Å²) in [6.45, 7) is 9.77. The second kappa shape index (κ2) is 12.8. The number of amides is 5. The number of hydrogen-bond donors (Lipinski definition) is 4. The molecule has 3 aliphatic rings. The summed E-state index contributed by atoms with van der Waals surface area (Å²) < 4.78 is 0. The van der Waals surface area contributed by atoms with E-state index in [1.54, 1.807) is 51.1 Å². The van der Waals surface area contributed by atoms with Crippen molar-refractivity contribution in [2.75, 3.05) is 6.54 Å². The zero-order valence-electron chi connectivity index (χ0n) is 27.4. The fraction of sp³-hybridized carbons (Fsp3) is 0.529. The highest BCUT2D eigenvalue weighted by atomic mass is 16.2. The van der Waals surface area contributed by atoms with Gasteiger partial charge in [0.05, 0.1) is 12.2 Å². The van der Waals surface area contributed by atoms with Crippen LogP contribution in [0.25, 0.3) is 0 Å². The number of hydrogen-bond acceptors (Lipinski definition) is 8. The highest BCUT2D eigenvalue weighted by Gasteiger charge is 2.70. The monoisotopic (exact) mass is 645 g/mol. The van der Waals surface area contributed by atoms with Gasteiger partial charge in [-0.1, -0.05) is 77.8 Å². The van der Waals surface area contributed by atoms with Gasteiger partial charge in [0.25, 0.3) is 11.8 Å². The van der Waals surface area contributed by atoms with Crippen LogP contribution in [0.5, 0.6) is 0 Å². The summed E-state index contributed by atoms with van der Waals surface area (Å²) in [6.07, 6.45) is 6.20. The van der Waals surface area contributed by atoms with Crippen molar-refractivity contribution < 1.29 is 28.8 Å². The zero-order chi connectivity index (χ0) is 34.3. The van der Waals surface area contributed by atoms with Crippen molar-refractivity contribution in [1.29, 1.82) is 0 Å². The first-order chi connectivity index (χ1) is 22.1. The molecule has 1 saturated heterocycles. The van der Waals surface area contributed by atoms with Gasteiger partial charge in [-0.05, 0) is 40.6 Å². The molecule has 13 nitrogen and oxygen atoms in total. The first-order valence-corrected chi connectivity index (χ1v) is 16.0. The molecule has 5 amide bonds. The lowest BCUT2D eigenvalue weighted by molar-refractivity contribution is -0.146. The molecule has 3 fully saturated rings. The molecule has 5 N–H and O–H groups in total. The number of ketones is 1. The van der Waals surface area contributed by atoms with E-state index in [0.29, 0.717) is 18.5 Å². The molecule has 13 heteroatoms. The molecular weight excluding hydrogens is 602 g/mol.